The van der Waals surface area contributed by atoms with E-state index in [4.69, 9.17) is 0 Å². The Morgan fingerprint density at radius 1 is 1.00 bits per heavy atom. The third-order valence-electron chi connectivity index (χ3n) is 3.50. The maximum atomic E-state index is 12.0. The number of benzene rings is 3. The lowest BCUT2D eigenvalue weighted by atomic mass is 10.1. The van der Waals surface area contributed by atoms with E-state index in [-0.39, 0.29) is 11.3 Å². The molecule has 24 heavy (non-hydrogen) atoms. The molecule has 0 aliphatic carbocycles. The van der Waals surface area contributed by atoms with Crippen LogP contribution in [0, 0.1) is 10.1 Å². The molecule has 0 saturated heterocycles. The summed E-state index contributed by atoms with van der Waals surface area (Å²) in [5.74, 6) is -0.626. The number of nitrogens with one attached hydrogen (secondary N) is 1. The lowest BCUT2D eigenvalue weighted by molar-refractivity contribution is -0.385. The van der Waals surface area contributed by atoms with Gasteiger partial charge in [0.2, 0.25) is 0 Å². The monoisotopic (exact) mass is 319 g/mol. The van der Waals surface area contributed by atoms with E-state index in [9.17, 15) is 14.9 Å². The van der Waals surface area contributed by atoms with E-state index < -0.39 is 10.8 Å². The maximum Gasteiger partial charge on any atom is 0.282 e. The van der Waals surface area contributed by atoms with E-state index in [1.54, 1.807) is 6.07 Å². The highest BCUT2D eigenvalue weighted by atomic mass is 16.6. The van der Waals surface area contributed by atoms with Gasteiger partial charge in [0.15, 0.2) is 0 Å². The van der Waals surface area contributed by atoms with Crippen LogP contribution in [-0.4, -0.2) is 17.0 Å². The highest BCUT2D eigenvalue weighted by molar-refractivity contribution is 5.98. The molecule has 0 aromatic heterocycles. The summed E-state index contributed by atoms with van der Waals surface area (Å²) in [4.78, 5) is 22.4. The highest BCUT2D eigenvalue weighted by Gasteiger charge is 2.18. The molecule has 1 N–H and O–H groups in total. The summed E-state index contributed by atoms with van der Waals surface area (Å²) in [6.45, 7) is 0. The van der Waals surface area contributed by atoms with Gasteiger partial charge in [0.25, 0.3) is 11.6 Å². The smallest absolute Gasteiger partial charge is 0.267 e. The summed E-state index contributed by atoms with van der Waals surface area (Å²) in [5.41, 5.74) is 2.85. The largest absolute Gasteiger partial charge is 0.282 e. The van der Waals surface area contributed by atoms with Crippen molar-refractivity contribution in [2.24, 2.45) is 5.10 Å². The van der Waals surface area contributed by atoms with E-state index in [0.717, 1.165) is 16.3 Å². The van der Waals surface area contributed by atoms with Crippen LogP contribution in [0.5, 0.6) is 0 Å². The predicted octanol–water partition coefficient (Wildman–Crippen LogP) is 3.51. The second kappa shape index (κ2) is 6.70. The summed E-state index contributed by atoms with van der Waals surface area (Å²) in [6, 6.07) is 19.4. The molecule has 0 aliphatic rings. The number of fused-ring (bicyclic) bond motifs is 1. The summed E-state index contributed by atoms with van der Waals surface area (Å²) in [5, 5.41) is 17.0. The first kappa shape index (κ1) is 15.4. The van der Waals surface area contributed by atoms with Gasteiger partial charge in [-0.1, -0.05) is 48.5 Å². The van der Waals surface area contributed by atoms with Gasteiger partial charge in [-0.25, -0.2) is 5.43 Å². The zero-order valence-electron chi connectivity index (χ0n) is 12.5. The number of para-hydroxylation sites is 1. The molecule has 0 radical (unpaired) electrons. The topological polar surface area (TPSA) is 84.6 Å². The number of carbonyl (C=O) groups excluding carboxylic acids is 1. The summed E-state index contributed by atoms with van der Waals surface area (Å²) in [7, 11) is 0. The van der Waals surface area contributed by atoms with Crippen LogP contribution in [0.4, 0.5) is 5.69 Å². The number of carbonyl (C=O) groups is 1. The number of rotatable bonds is 4. The maximum absolute atomic E-state index is 12.0. The lowest BCUT2D eigenvalue weighted by Gasteiger charge is -2.01. The molecule has 0 fully saturated rings. The van der Waals surface area contributed by atoms with Gasteiger partial charge in [0.05, 0.1) is 11.1 Å². The van der Waals surface area contributed by atoms with Crippen molar-refractivity contribution >= 4 is 28.6 Å². The van der Waals surface area contributed by atoms with Gasteiger partial charge in [0.1, 0.15) is 5.56 Å². The molecule has 0 aliphatic heterocycles. The summed E-state index contributed by atoms with van der Waals surface area (Å²) < 4.78 is 0. The first-order valence-corrected chi connectivity index (χ1v) is 7.21. The molecule has 0 saturated carbocycles. The minimum absolute atomic E-state index is 0.0295. The van der Waals surface area contributed by atoms with Crippen molar-refractivity contribution in [3.8, 4) is 0 Å². The van der Waals surface area contributed by atoms with Crippen molar-refractivity contribution in [3.05, 3.63) is 88.0 Å². The molecule has 6 heteroatoms. The van der Waals surface area contributed by atoms with E-state index in [2.05, 4.69) is 10.5 Å². The van der Waals surface area contributed by atoms with Crippen LogP contribution >= 0.6 is 0 Å². The third-order valence-corrected chi connectivity index (χ3v) is 3.50. The zero-order chi connectivity index (χ0) is 16.9. The van der Waals surface area contributed by atoms with Crippen LogP contribution < -0.4 is 5.43 Å². The zero-order valence-corrected chi connectivity index (χ0v) is 12.5. The molecule has 0 heterocycles. The fraction of sp³-hybridized carbons (Fsp3) is 0. The second-order valence-corrected chi connectivity index (χ2v) is 5.08. The molecular formula is C18H13N3O3. The van der Waals surface area contributed by atoms with Gasteiger partial charge >= 0.3 is 0 Å². The van der Waals surface area contributed by atoms with Crippen molar-refractivity contribution in [1.29, 1.82) is 0 Å². The number of hydrogen-bond donors (Lipinski definition) is 1. The average Bonchev–Trinajstić information content (AvgIpc) is 2.61. The van der Waals surface area contributed by atoms with Gasteiger partial charge in [0, 0.05) is 6.07 Å². The van der Waals surface area contributed by atoms with E-state index in [1.165, 1.54) is 24.4 Å². The molecule has 3 rings (SSSR count). The Bertz CT molecular complexity index is 951. The third kappa shape index (κ3) is 3.27. The minimum atomic E-state index is -0.626. The van der Waals surface area contributed by atoms with Gasteiger partial charge in [-0.15, -0.1) is 0 Å². The number of nitro groups is 1. The lowest BCUT2D eigenvalue weighted by Crippen LogP contribution is -2.18. The van der Waals surface area contributed by atoms with E-state index >= 15 is 0 Å². The SMILES string of the molecule is O=C(N/N=C/c1ccc2ccccc2c1)c1ccccc1[N+](=O)[O-]. The summed E-state index contributed by atoms with van der Waals surface area (Å²) in [6.07, 6.45) is 1.50. The van der Waals surface area contributed by atoms with Gasteiger partial charge in [-0.2, -0.15) is 5.10 Å². The standard InChI is InChI=1S/C18H13N3O3/c22-18(16-7-3-4-8-17(16)21(23)24)20-19-12-13-9-10-14-5-1-2-6-15(14)11-13/h1-12H,(H,20,22)/b19-12+. The van der Waals surface area contributed by atoms with Crippen LogP contribution in [0.25, 0.3) is 10.8 Å². The molecule has 0 bridgehead atoms. The first-order valence-electron chi connectivity index (χ1n) is 7.21. The van der Waals surface area contributed by atoms with Crippen molar-refractivity contribution in [2.45, 2.75) is 0 Å². The van der Waals surface area contributed by atoms with Crippen molar-refractivity contribution in [1.82, 2.24) is 5.43 Å². The second-order valence-electron chi connectivity index (χ2n) is 5.08. The first-order chi connectivity index (χ1) is 11.6. The van der Waals surface area contributed by atoms with Crippen LogP contribution in [-0.2, 0) is 0 Å². The average molecular weight is 319 g/mol. The molecule has 1 amide bonds. The normalized spacial score (nSPS) is 10.8. The summed E-state index contributed by atoms with van der Waals surface area (Å²) >= 11 is 0. The highest BCUT2D eigenvalue weighted by Crippen LogP contribution is 2.17. The van der Waals surface area contributed by atoms with Gasteiger partial charge < -0.3 is 0 Å². The Labute approximate surface area is 137 Å². The number of nitro benzene ring substituents is 1. The van der Waals surface area contributed by atoms with E-state index in [1.807, 2.05) is 42.5 Å². The number of hydrazone groups is 1. The molecular weight excluding hydrogens is 306 g/mol. The Morgan fingerprint density at radius 3 is 2.50 bits per heavy atom. The Kier molecular flexibility index (Phi) is 4.29. The van der Waals surface area contributed by atoms with Crippen LogP contribution in [0.15, 0.2) is 71.8 Å². The fourth-order valence-corrected chi connectivity index (χ4v) is 2.34. The quantitative estimate of drug-likeness (QED) is 0.453. The van der Waals surface area contributed by atoms with Crippen LogP contribution in [0.2, 0.25) is 0 Å². The Morgan fingerprint density at radius 2 is 1.71 bits per heavy atom. The van der Waals surface area contributed by atoms with Gasteiger partial charge in [-0.3, -0.25) is 14.9 Å². The van der Waals surface area contributed by atoms with Crippen LogP contribution in [0.1, 0.15) is 15.9 Å². The van der Waals surface area contributed by atoms with Crippen molar-refractivity contribution in [2.75, 3.05) is 0 Å². The Balaban J connectivity index is 1.76. The number of amides is 1. The molecule has 0 unspecified atom stereocenters. The fourth-order valence-electron chi connectivity index (χ4n) is 2.34. The molecule has 0 spiro atoms. The minimum Gasteiger partial charge on any atom is -0.267 e. The van der Waals surface area contributed by atoms with Crippen LogP contribution in [0.3, 0.4) is 0 Å². The molecule has 3 aromatic carbocycles. The molecule has 118 valence electrons. The molecule has 6 nitrogen and oxygen atoms in total. The van der Waals surface area contributed by atoms with Crippen molar-refractivity contribution < 1.29 is 9.72 Å². The van der Waals surface area contributed by atoms with Crippen molar-refractivity contribution in [3.63, 3.8) is 0 Å². The predicted molar refractivity (Wildman–Crippen MR) is 92.1 cm³/mol. The Hall–Kier alpha value is -3.54. The molecule has 3 aromatic rings. The molecule has 0 atom stereocenters. The number of nitrogens with zero attached hydrogens (tertiary/aromatic N) is 2. The number of hydrogen-bond acceptors (Lipinski definition) is 4. The van der Waals surface area contributed by atoms with Gasteiger partial charge in [-0.05, 0) is 28.5 Å². The van der Waals surface area contributed by atoms with E-state index in [0.29, 0.717) is 0 Å².